The average molecular weight is 564 g/mol. The van der Waals surface area contributed by atoms with Crippen LogP contribution < -0.4 is 4.73 Å². The summed E-state index contributed by atoms with van der Waals surface area (Å²) in [4.78, 5) is 26.4. The number of hydrogen-bond donors (Lipinski definition) is 1. The van der Waals surface area contributed by atoms with E-state index >= 15 is 8.78 Å². The number of alkyl halides is 2. The van der Waals surface area contributed by atoms with E-state index in [9.17, 15) is 19.9 Å². The van der Waals surface area contributed by atoms with Crippen molar-refractivity contribution in [3.8, 4) is 0 Å². The van der Waals surface area contributed by atoms with Gasteiger partial charge in [0.25, 0.3) is 5.03 Å². The zero-order valence-electron chi connectivity index (χ0n) is 22.4. The Morgan fingerprint density at radius 2 is 2.05 bits per heavy atom. The molecule has 2 heterocycles. The maximum Gasteiger partial charge on any atom is 0.259 e. The number of hydrogen-bond acceptors (Lipinski definition) is 7. The Morgan fingerprint density at radius 3 is 2.77 bits per heavy atom. The Bertz CT molecular complexity index is 1250. The van der Waals surface area contributed by atoms with E-state index in [0.717, 1.165) is 18.2 Å². The van der Waals surface area contributed by atoms with E-state index in [-0.39, 0.29) is 48.5 Å². The first-order chi connectivity index (χ1) is 18.4. The molecular formula is C29H35F2NO6S. The molecule has 0 unspecified atom stereocenters. The van der Waals surface area contributed by atoms with Gasteiger partial charge in [-0.15, -0.1) is 0 Å². The van der Waals surface area contributed by atoms with E-state index < -0.39 is 63.7 Å². The van der Waals surface area contributed by atoms with Crippen LogP contribution in [0.25, 0.3) is 0 Å². The number of ketones is 1. The molecule has 0 amide bonds. The quantitative estimate of drug-likeness (QED) is 0.330. The lowest BCUT2D eigenvalue weighted by Crippen LogP contribution is -2.71. The number of aromatic nitrogens is 1. The van der Waals surface area contributed by atoms with Gasteiger partial charge in [0, 0.05) is 47.1 Å². The van der Waals surface area contributed by atoms with Gasteiger partial charge in [-0.2, -0.15) is 4.73 Å². The number of carbonyl (C=O) groups is 2. The molecule has 10 atom stereocenters. The smallest absolute Gasteiger partial charge is 0.259 e. The van der Waals surface area contributed by atoms with Crippen molar-refractivity contribution in [1.82, 2.24) is 0 Å². The molecule has 10 heteroatoms. The molecule has 212 valence electrons. The highest BCUT2D eigenvalue weighted by molar-refractivity contribution is 8.13. The van der Waals surface area contributed by atoms with Crippen molar-refractivity contribution in [2.75, 3.05) is 0 Å². The van der Waals surface area contributed by atoms with Gasteiger partial charge in [-0.25, -0.2) is 8.78 Å². The zero-order valence-corrected chi connectivity index (χ0v) is 23.2. The number of aliphatic hydroxyl groups is 1. The molecule has 1 N–H and O–H groups in total. The number of halogens is 2. The summed E-state index contributed by atoms with van der Waals surface area (Å²) in [6, 6.07) is 4.78. The number of nitrogens with zero attached hydrogens (tertiary/aromatic N) is 1. The molecule has 1 aromatic rings. The second-order valence-corrected chi connectivity index (χ2v) is 13.4. The number of fused-ring (bicyclic) bond motifs is 7. The number of ether oxygens (including phenoxy) is 2. The lowest BCUT2D eigenvalue weighted by molar-refractivity contribution is -0.645. The van der Waals surface area contributed by atoms with Crippen molar-refractivity contribution in [3.05, 3.63) is 41.3 Å². The number of allylic oxidation sites excluding steroid dienone is 1. The molecule has 4 fully saturated rings. The number of rotatable bonds is 4. The van der Waals surface area contributed by atoms with Crippen LogP contribution >= 0.6 is 11.8 Å². The van der Waals surface area contributed by atoms with Crippen LogP contribution in [0.5, 0.6) is 0 Å². The van der Waals surface area contributed by atoms with Gasteiger partial charge in [-0.1, -0.05) is 27.2 Å². The van der Waals surface area contributed by atoms with Crippen molar-refractivity contribution < 1.29 is 37.7 Å². The first-order valence-electron chi connectivity index (χ1n) is 13.9. The summed E-state index contributed by atoms with van der Waals surface area (Å²) in [5.41, 5.74) is -5.99. The van der Waals surface area contributed by atoms with Crippen LogP contribution in [-0.2, 0) is 19.1 Å². The van der Waals surface area contributed by atoms with Crippen LogP contribution in [0.1, 0.15) is 65.7 Å². The third-order valence-electron chi connectivity index (χ3n) is 10.6. The Morgan fingerprint density at radius 1 is 1.28 bits per heavy atom. The van der Waals surface area contributed by atoms with Crippen molar-refractivity contribution >= 4 is 22.7 Å². The van der Waals surface area contributed by atoms with E-state index in [1.165, 1.54) is 12.3 Å². The predicted octanol–water partition coefficient (Wildman–Crippen LogP) is 4.37. The Balaban J connectivity index is 1.44. The topological polar surface area (TPSA) is 99.8 Å². The normalized spacial score (nSPS) is 46.6. The molecule has 6 rings (SSSR count). The summed E-state index contributed by atoms with van der Waals surface area (Å²) in [5, 5.41) is 23.8. The highest BCUT2D eigenvalue weighted by Gasteiger charge is 2.80. The van der Waals surface area contributed by atoms with Gasteiger partial charge in [0.2, 0.25) is 5.12 Å². The third kappa shape index (κ3) is 3.47. The predicted molar refractivity (Wildman–Crippen MR) is 138 cm³/mol. The molecule has 1 aromatic heterocycles. The van der Waals surface area contributed by atoms with Gasteiger partial charge in [-0.05, 0) is 55.7 Å². The van der Waals surface area contributed by atoms with Crippen molar-refractivity contribution in [3.63, 3.8) is 0 Å². The van der Waals surface area contributed by atoms with Crippen LogP contribution in [0.3, 0.4) is 0 Å². The number of pyridine rings is 1. The number of carbonyl (C=O) groups excluding carboxylic acids is 2. The van der Waals surface area contributed by atoms with Gasteiger partial charge in [0.1, 0.15) is 11.8 Å². The van der Waals surface area contributed by atoms with Crippen LogP contribution in [0.2, 0.25) is 0 Å². The second-order valence-electron chi connectivity index (χ2n) is 12.4. The van der Waals surface area contributed by atoms with E-state index in [0.29, 0.717) is 11.2 Å². The summed E-state index contributed by atoms with van der Waals surface area (Å²) < 4.78 is 46.8. The van der Waals surface area contributed by atoms with Crippen molar-refractivity contribution in [1.29, 1.82) is 0 Å². The number of aliphatic hydroxyl groups excluding tert-OH is 1. The molecule has 7 nitrogen and oxygen atoms in total. The van der Waals surface area contributed by atoms with Gasteiger partial charge in [-0.3, -0.25) is 9.59 Å². The SMILES string of the molecule is CCC[C@@H]1O[C@@H]2C[C@H]3[C@@H]4C[C@H](F)C5=CC(=O)CC[C@]5(C)[C@@]4(F)[C@@H](O)C[C@]3(C)[C@]2(C(=O)Sc2cccc[n+]2[O-])O1. The van der Waals surface area contributed by atoms with Crippen LogP contribution in [-0.4, -0.2) is 51.9 Å². The highest BCUT2D eigenvalue weighted by Crippen LogP contribution is 2.73. The van der Waals surface area contributed by atoms with E-state index in [2.05, 4.69) is 0 Å². The second kappa shape index (κ2) is 9.06. The molecule has 39 heavy (non-hydrogen) atoms. The van der Waals surface area contributed by atoms with Crippen molar-refractivity contribution in [2.45, 2.75) is 107 Å². The summed E-state index contributed by atoms with van der Waals surface area (Å²) in [5.74, 6) is -1.65. The van der Waals surface area contributed by atoms with Gasteiger partial charge < -0.3 is 19.8 Å². The Hall–Kier alpha value is -1.88. The lowest BCUT2D eigenvalue weighted by atomic mass is 9.43. The minimum atomic E-state index is -2.18. The largest absolute Gasteiger partial charge is 0.618 e. The summed E-state index contributed by atoms with van der Waals surface area (Å²) in [6.07, 6.45) is -0.336. The fourth-order valence-corrected chi connectivity index (χ4v) is 9.80. The summed E-state index contributed by atoms with van der Waals surface area (Å²) in [6.45, 7) is 5.44. The monoisotopic (exact) mass is 563 g/mol. The first-order valence-corrected chi connectivity index (χ1v) is 14.7. The molecule has 0 aromatic carbocycles. The van der Waals surface area contributed by atoms with E-state index in [1.54, 1.807) is 25.1 Å². The maximum atomic E-state index is 17.6. The molecular weight excluding hydrogens is 528 g/mol. The minimum Gasteiger partial charge on any atom is -0.618 e. The van der Waals surface area contributed by atoms with Crippen LogP contribution in [0.4, 0.5) is 8.78 Å². The fourth-order valence-electron chi connectivity index (χ4n) is 8.75. The Labute approximate surface area is 230 Å². The van der Waals surface area contributed by atoms with Gasteiger partial charge >= 0.3 is 0 Å². The van der Waals surface area contributed by atoms with Gasteiger partial charge in [0.15, 0.2) is 23.9 Å². The van der Waals surface area contributed by atoms with E-state index in [1.807, 2.05) is 13.8 Å². The Kier molecular flexibility index (Phi) is 6.34. The third-order valence-corrected chi connectivity index (χ3v) is 11.6. The summed E-state index contributed by atoms with van der Waals surface area (Å²) in [7, 11) is 0. The molecule has 0 bridgehead atoms. The van der Waals surface area contributed by atoms with Crippen LogP contribution in [0.15, 0.2) is 41.1 Å². The molecule has 4 aliphatic carbocycles. The zero-order chi connectivity index (χ0) is 28.0. The molecule has 3 saturated carbocycles. The first kappa shape index (κ1) is 27.3. The van der Waals surface area contributed by atoms with Crippen LogP contribution in [0, 0.1) is 27.9 Å². The summed E-state index contributed by atoms with van der Waals surface area (Å²) >= 11 is 0.767. The standard InChI is InChI=1S/C29H35F2NO6S/c1-4-7-24-37-22-14-17-18-13-20(30)19-12-16(33)9-10-26(19,2)28(18,31)21(34)15-27(17,3)29(22,38-24)25(35)39-23-8-5-6-11-32(23)36/h5-6,8,11-12,17-18,20-22,24,34H,4,7,9-10,13-15H2,1-3H3/t17-,18-,20-,21-,22+,24+,26-,27-,28-,29-/m0/s1. The van der Waals surface area contributed by atoms with Crippen molar-refractivity contribution in [2.24, 2.45) is 22.7 Å². The maximum absolute atomic E-state index is 17.6. The molecule has 0 radical (unpaired) electrons. The average Bonchev–Trinajstić information content (AvgIpc) is 3.36. The molecule has 1 aliphatic heterocycles. The molecule has 1 saturated heterocycles. The highest BCUT2D eigenvalue weighted by atomic mass is 32.2. The minimum absolute atomic E-state index is 0.0877. The molecule has 5 aliphatic rings. The van der Waals surface area contributed by atoms with E-state index in [4.69, 9.17) is 9.47 Å². The lowest BCUT2D eigenvalue weighted by Gasteiger charge is -2.64. The van der Waals surface area contributed by atoms with Gasteiger partial charge in [0.05, 0.1) is 12.2 Å². The number of thioether (sulfide) groups is 1. The molecule has 0 spiro atoms. The fraction of sp³-hybridized carbons (Fsp3) is 0.690.